The Hall–Kier alpha value is -3.00. The molecule has 0 unspecified atom stereocenters. The van der Waals surface area contributed by atoms with Crippen LogP contribution in [0.5, 0.6) is 0 Å². The van der Waals surface area contributed by atoms with Gasteiger partial charge >= 0.3 is 0 Å². The predicted molar refractivity (Wildman–Crippen MR) is 94.6 cm³/mol. The van der Waals surface area contributed by atoms with E-state index in [4.69, 9.17) is 0 Å². The number of carbonyl (C=O) groups is 1. The summed E-state index contributed by atoms with van der Waals surface area (Å²) in [5, 5.41) is 19.7. The molecule has 3 rings (SSSR count). The molecule has 0 saturated heterocycles. The highest BCUT2D eigenvalue weighted by Gasteiger charge is 2.15. The summed E-state index contributed by atoms with van der Waals surface area (Å²) in [4.78, 5) is 22.6. The summed E-state index contributed by atoms with van der Waals surface area (Å²) in [5.74, 6) is 0.644. The van der Waals surface area contributed by atoms with E-state index < -0.39 is 4.92 Å². The summed E-state index contributed by atoms with van der Waals surface area (Å²) in [6, 6.07) is 15.4. The molecule has 0 aliphatic carbocycles. The van der Waals surface area contributed by atoms with Crippen molar-refractivity contribution in [3.05, 3.63) is 70.3 Å². The summed E-state index contributed by atoms with van der Waals surface area (Å²) < 4.78 is 1.82. The fourth-order valence-electron chi connectivity index (χ4n) is 2.29. The van der Waals surface area contributed by atoms with Gasteiger partial charge in [0, 0.05) is 30.3 Å². The molecule has 8 heteroatoms. The Bertz CT molecular complexity index is 925. The zero-order chi connectivity index (χ0) is 17.8. The molecule has 1 heterocycles. The first-order valence-electron chi connectivity index (χ1n) is 7.41. The van der Waals surface area contributed by atoms with Crippen molar-refractivity contribution in [1.82, 2.24) is 14.8 Å². The topological polar surface area (TPSA) is 90.9 Å². The quantitative estimate of drug-likeness (QED) is 0.292. The molecule has 0 aliphatic rings. The van der Waals surface area contributed by atoms with Gasteiger partial charge in [-0.2, -0.15) is 0 Å². The van der Waals surface area contributed by atoms with Gasteiger partial charge in [0.2, 0.25) is 0 Å². The SMILES string of the molecule is Cn1c(SCC(=O)c2cccc([N+](=O)[O-])c2)nnc1-c1ccccc1. The number of rotatable bonds is 6. The van der Waals surface area contributed by atoms with Crippen LogP contribution >= 0.6 is 11.8 Å². The molecule has 0 radical (unpaired) electrons. The summed E-state index contributed by atoms with van der Waals surface area (Å²) in [7, 11) is 1.84. The van der Waals surface area contributed by atoms with Crippen LogP contribution in [0.1, 0.15) is 10.4 Å². The molecular formula is C17H14N4O3S. The fourth-order valence-corrected chi connectivity index (χ4v) is 3.09. The summed E-state index contributed by atoms with van der Waals surface area (Å²) in [6.07, 6.45) is 0. The van der Waals surface area contributed by atoms with Crippen LogP contribution in [0.2, 0.25) is 0 Å². The number of non-ortho nitro benzene ring substituents is 1. The molecule has 126 valence electrons. The number of nitrogens with zero attached hydrogens (tertiary/aromatic N) is 4. The Morgan fingerprint density at radius 3 is 2.64 bits per heavy atom. The van der Waals surface area contributed by atoms with E-state index >= 15 is 0 Å². The number of Topliss-reactive ketones (excluding diaryl/α,β-unsaturated/α-hetero) is 1. The number of nitro benzene ring substituents is 1. The average Bonchev–Trinajstić information content (AvgIpc) is 3.01. The van der Waals surface area contributed by atoms with Gasteiger partial charge in [-0.3, -0.25) is 14.9 Å². The maximum Gasteiger partial charge on any atom is 0.270 e. The van der Waals surface area contributed by atoms with E-state index in [-0.39, 0.29) is 17.2 Å². The maximum absolute atomic E-state index is 12.3. The number of hydrogen-bond acceptors (Lipinski definition) is 6. The molecule has 0 spiro atoms. The number of aromatic nitrogens is 3. The van der Waals surface area contributed by atoms with Crippen LogP contribution in [-0.4, -0.2) is 31.2 Å². The van der Waals surface area contributed by atoms with E-state index in [9.17, 15) is 14.9 Å². The third kappa shape index (κ3) is 3.74. The van der Waals surface area contributed by atoms with Crippen molar-refractivity contribution in [2.24, 2.45) is 7.05 Å². The first-order valence-corrected chi connectivity index (χ1v) is 8.40. The van der Waals surface area contributed by atoms with Gasteiger partial charge in [0.05, 0.1) is 10.7 Å². The van der Waals surface area contributed by atoms with Crippen LogP contribution in [0, 0.1) is 10.1 Å². The maximum atomic E-state index is 12.3. The number of thioether (sulfide) groups is 1. The fraction of sp³-hybridized carbons (Fsp3) is 0.118. The molecule has 0 bridgehead atoms. The van der Waals surface area contributed by atoms with Crippen molar-refractivity contribution in [2.75, 3.05) is 5.75 Å². The second-order valence-corrected chi connectivity index (χ2v) is 6.19. The molecule has 2 aromatic carbocycles. The lowest BCUT2D eigenvalue weighted by molar-refractivity contribution is -0.384. The predicted octanol–water partition coefficient (Wildman–Crippen LogP) is 3.37. The minimum Gasteiger partial charge on any atom is -0.305 e. The van der Waals surface area contributed by atoms with Crippen molar-refractivity contribution >= 4 is 23.2 Å². The van der Waals surface area contributed by atoms with E-state index in [1.165, 1.54) is 30.0 Å². The van der Waals surface area contributed by atoms with Crippen molar-refractivity contribution < 1.29 is 9.72 Å². The van der Waals surface area contributed by atoms with Gasteiger partial charge in [-0.05, 0) is 0 Å². The number of carbonyl (C=O) groups excluding carboxylic acids is 1. The zero-order valence-corrected chi connectivity index (χ0v) is 14.1. The van der Waals surface area contributed by atoms with Crippen LogP contribution < -0.4 is 0 Å². The zero-order valence-electron chi connectivity index (χ0n) is 13.3. The van der Waals surface area contributed by atoms with E-state index in [2.05, 4.69) is 10.2 Å². The lowest BCUT2D eigenvalue weighted by Crippen LogP contribution is -2.04. The first-order chi connectivity index (χ1) is 12.1. The van der Waals surface area contributed by atoms with Gasteiger partial charge in [0.15, 0.2) is 16.8 Å². The van der Waals surface area contributed by atoms with Crippen LogP contribution in [0.25, 0.3) is 11.4 Å². The molecule has 0 amide bonds. The van der Waals surface area contributed by atoms with Crippen molar-refractivity contribution in [3.8, 4) is 11.4 Å². The third-order valence-corrected chi connectivity index (χ3v) is 4.60. The molecular weight excluding hydrogens is 340 g/mol. The molecule has 3 aromatic rings. The smallest absolute Gasteiger partial charge is 0.270 e. The van der Waals surface area contributed by atoms with E-state index in [0.717, 1.165) is 5.56 Å². The lowest BCUT2D eigenvalue weighted by Gasteiger charge is -2.04. The summed E-state index contributed by atoms with van der Waals surface area (Å²) in [6.45, 7) is 0. The Kier molecular flexibility index (Phi) is 4.90. The van der Waals surface area contributed by atoms with Crippen LogP contribution in [0.4, 0.5) is 5.69 Å². The van der Waals surface area contributed by atoms with Crippen LogP contribution in [0.3, 0.4) is 0 Å². The van der Waals surface area contributed by atoms with Gasteiger partial charge < -0.3 is 4.57 Å². The number of hydrogen-bond donors (Lipinski definition) is 0. The van der Waals surface area contributed by atoms with E-state index in [1.807, 2.05) is 41.9 Å². The Balaban J connectivity index is 1.72. The second-order valence-electron chi connectivity index (χ2n) is 5.25. The third-order valence-electron chi connectivity index (χ3n) is 3.58. The monoisotopic (exact) mass is 354 g/mol. The Morgan fingerprint density at radius 2 is 1.92 bits per heavy atom. The number of ketones is 1. The van der Waals surface area contributed by atoms with Crippen molar-refractivity contribution in [3.63, 3.8) is 0 Å². The summed E-state index contributed by atoms with van der Waals surface area (Å²) in [5.41, 5.74) is 1.15. The van der Waals surface area contributed by atoms with Gasteiger partial charge in [-0.1, -0.05) is 54.2 Å². The van der Waals surface area contributed by atoms with Crippen LogP contribution in [-0.2, 0) is 7.05 Å². The van der Waals surface area contributed by atoms with E-state index in [0.29, 0.717) is 16.5 Å². The minimum absolute atomic E-state index is 0.0964. The highest BCUT2D eigenvalue weighted by Crippen LogP contribution is 2.23. The van der Waals surface area contributed by atoms with Gasteiger partial charge in [0.25, 0.3) is 5.69 Å². The van der Waals surface area contributed by atoms with Crippen LogP contribution in [0.15, 0.2) is 59.8 Å². The van der Waals surface area contributed by atoms with Gasteiger partial charge in [0.1, 0.15) is 0 Å². The molecule has 25 heavy (non-hydrogen) atoms. The van der Waals surface area contributed by atoms with Crippen molar-refractivity contribution in [2.45, 2.75) is 5.16 Å². The highest BCUT2D eigenvalue weighted by molar-refractivity contribution is 7.99. The average molecular weight is 354 g/mol. The standard InChI is InChI=1S/C17H14N4O3S/c1-20-16(12-6-3-2-4-7-12)18-19-17(20)25-11-15(22)13-8-5-9-14(10-13)21(23)24/h2-10H,11H2,1H3. The molecule has 0 N–H and O–H groups in total. The van der Waals surface area contributed by atoms with Crippen molar-refractivity contribution in [1.29, 1.82) is 0 Å². The first kappa shape index (κ1) is 16.8. The largest absolute Gasteiger partial charge is 0.305 e. The Labute approximate surface area is 147 Å². The molecule has 0 fully saturated rings. The normalized spacial score (nSPS) is 10.6. The number of benzene rings is 2. The molecule has 0 atom stereocenters. The molecule has 0 saturated carbocycles. The molecule has 1 aromatic heterocycles. The second kappa shape index (κ2) is 7.27. The number of nitro groups is 1. The lowest BCUT2D eigenvalue weighted by atomic mass is 10.1. The minimum atomic E-state index is -0.515. The van der Waals surface area contributed by atoms with Gasteiger partial charge in [-0.25, -0.2) is 0 Å². The molecule has 0 aliphatic heterocycles. The van der Waals surface area contributed by atoms with E-state index in [1.54, 1.807) is 6.07 Å². The summed E-state index contributed by atoms with van der Waals surface area (Å²) >= 11 is 1.25. The van der Waals surface area contributed by atoms with Gasteiger partial charge in [-0.15, -0.1) is 10.2 Å². The Morgan fingerprint density at radius 1 is 1.16 bits per heavy atom. The highest BCUT2D eigenvalue weighted by atomic mass is 32.2. The molecule has 7 nitrogen and oxygen atoms in total.